The number of benzene rings is 2. The molecule has 8 nitrogen and oxygen atoms in total. The van der Waals surface area contributed by atoms with E-state index in [0.29, 0.717) is 26.5 Å². The molecule has 0 atom stereocenters. The number of amides is 1. The zero-order valence-corrected chi connectivity index (χ0v) is 17.3. The van der Waals surface area contributed by atoms with Crippen LogP contribution < -0.4 is 5.32 Å². The molecule has 0 bridgehead atoms. The molecule has 0 fully saturated rings. The third kappa shape index (κ3) is 5.13. The molecule has 1 amide bonds. The zero-order valence-electron chi connectivity index (χ0n) is 15.6. The van der Waals surface area contributed by atoms with Crippen LogP contribution in [0, 0.1) is 15.9 Å². The van der Waals surface area contributed by atoms with Gasteiger partial charge >= 0.3 is 0 Å². The number of anilines is 1. The monoisotopic (exact) mass is 456 g/mol. The number of nitrogens with zero attached hydrogens (tertiary/aromatic N) is 3. The van der Waals surface area contributed by atoms with Gasteiger partial charge in [0.15, 0.2) is 10.1 Å². The van der Waals surface area contributed by atoms with E-state index in [0.717, 1.165) is 5.56 Å². The maximum absolute atomic E-state index is 13.0. The van der Waals surface area contributed by atoms with Gasteiger partial charge in [-0.05, 0) is 42.0 Å². The molecular formula is C20H13FN4O4S2. The SMILES string of the molecule is O=C(Nc1nnc(SCc2ccc(F)cc2)s1)c1ccc(-c2ccc([N+](=O)[O-])cc2)o1. The Labute approximate surface area is 183 Å². The van der Waals surface area contributed by atoms with Crippen molar-refractivity contribution in [2.45, 2.75) is 10.1 Å². The number of non-ortho nitro benzene ring substituents is 1. The summed E-state index contributed by atoms with van der Waals surface area (Å²) in [4.78, 5) is 22.7. The van der Waals surface area contributed by atoms with Gasteiger partial charge in [0.05, 0.1) is 4.92 Å². The Morgan fingerprint density at radius 3 is 2.55 bits per heavy atom. The van der Waals surface area contributed by atoms with Crippen molar-refractivity contribution in [3.05, 3.63) is 87.9 Å². The van der Waals surface area contributed by atoms with Gasteiger partial charge in [-0.1, -0.05) is 35.2 Å². The van der Waals surface area contributed by atoms with Crippen molar-refractivity contribution in [1.29, 1.82) is 0 Å². The molecule has 4 rings (SSSR count). The zero-order chi connectivity index (χ0) is 21.8. The Kier molecular flexibility index (Phi) is 6.05. The van der Waals surface area contributed by atoms with Crippen LogP contribution in [0.1, 0.15) is 16.1 Å². The number of furan rings is 1. The van der Waals surface area contributed by atoms with E-state index in [4.69, 9.17) is 4.42 Å². The van der Waals surface area contributed by atoms with Crippen molar-refractivity contribution in [1.82, 2.24) is 10.2 Å². The van der Waals surface area contributed by atoms with Crippen LogP contribution in [0.4, 0.5) is 15.2 Å². The topological polar surface area (TPSA) is 111 Å². The summed E-state index contributed by atoms with van der Waals surface area (Å²) in [7, 11) is 0. The number of nitro groups is 1. The maximum Gasteiger partial charge on any atom is 0.293 e. The van der Waals surface area contributed by atoms with Crippen LogP contribution in [0.2, 0.25) is 0 Å². The molecule has 0 radical (unpaired) electrons. The number of hydrogen-bond donors (Lipinski definition) is 1. The number of thioether (sulfide) groups is 1. The fourth-order valence-electron chi connectivity index (χ4n) is 2.57. The largest absolute Gasteiger partial charge is 0.451 e. The predicted octanol–water partition coefficient (Wildman–Crippen LogP) is 5.39. The summed E-state index contributed by atoms with van der Waals surface area (Å²) in [5.74, 6) is 0.306. The summed E-state index contributed by atoms with van der Waals surface area (Å²) < 4.78 is 19.2. The lowest BCUT2D eigenvalue weighted by Crippen LogP contribution is -2.10. The minimum Gasteiger partial charge on any atom is -0.451 e. The second kappa shape index (κ2) is 9.06. The molecule has 0 aliphatic rings. The molecule has 0 spiro atoms. The molecule has 2 aromatic heterocycles. The lowest BCUT2D eigenvalue weighted by atomic mass is 10.1. The molecule has 0 unspecified atom stereocenters. The summed E-state index contributed by atoms with van der Waals surface area (Å²) in [6.45, 7) is 0. The van der Waals surface area contributed by atoms with E-state index in [1.54, 1.807) is 30.3 Å². The van der Waals surface area contributed by atoms with Gasteiger partial charge in [0, 0.05) is 23.4 Å². The Morgan fingerprint density at radius 1 is 1.10 bits per heavy atom. The van der Waals surface area contributed by atoms with Crippen LogP contribution in [-0.4, -0.2) is 21.0 Å². The molecule has 2 heterocycles. The van der Waals surface area contributed by atoms with Crippen molar-refractivity contribution in [2.75, 3.05) is 5.32 Å². The van der Waals surface area contributed by atoms with E-state index >= 15 is 0 Å². The standard InChI is InChI=1S/C20H13FN4O4S2/c21-14-5-1-12(2-6-14)11-30-20-24-23-19(31-20)22-18(26)17-10-9-16(29-17)13-3-7-15(8-4-13)25(27)28/h1-10H,11H2,(H,22,23,26). The third-order valence-electron chi connectivity index (χ3n) is 4.09. The normalized spacial score (nSPS) is 10.7. The molecule has 2 aromatic carbocycles. The molecule has 0 saturated heterocycles. The highest BCUT2D eigenvalue weighted by atomic mass is 32.2. The molecule has 156 valence electrons. The highest BCUT2D eigenvalue weighted by Gasteiger charge is 2.16. The first kappa shape index (κ1) is 20.7. The smallest absolute Gasteiger partial charge is 0.293 e. The lowest BCUT2D eigenvalue weighted by Gasteiger charge is -1.99. The van der Waals surface area contributed by atoms with Crippen LogP contribution in [0.5, 0.6) is 0 Å². The second-order valence-electron chi connectivity index (χ2n) is 6.21. The van der Waals surface area contributed by atoms with E-state index in [-0.39, 0.29) is 17.3 Å². The molecular weight excluding hydrogens is 443 g/mol. The highest BCUT2D eigenvalue weighted by molar-refractivity contribution is 8.00. The number of rotatable bonds is 7. The Morgan fingerprint density at radius 2 is 1.84 bits per heavy atom. The average molecular weight is 456 g/mol. The summed E-state index contributed by atoms with van der Waals surface area (Å²) in [5, 5.41) is 21.7. The molecule has 0 saturated carbocycles. The van der Waals surface area contributed by atoms with E-state index in [9.17, 15) is 19.3 Å². The van der Waals surface area contributed by atoms with Gasteiger partial charge in [0.1, 0.15) is 11.6 Å². The first-order valence-electron chi connectivity index (χ1n) is 8.85. The second-order valence-corrected chi connectivity index (χ2v) is 8.41. The van der Waals surface area contributed by atoms with E-state index in [1.807, 2.05) is 0 Å². The van der Waals surface area contributed by atoms with Crippen molar-refractivity contribution in [3.63, 3.8) is 0 Å². The van der Waals surface area contributed by atoms with Crippen molar-refractivity contribution >= 4 is 39.8 Å². The molecule has 0 aliphatic carbocycles. The number of halogens is 1. The molecule has 0 aliphatic heterocycles. The van der Waals surface area contributed by atoms with Crippen LogP contribution in [0.15, 0.2) is 69.4 Å². The quantitative estimate of drug-likeness (QED) is 0.172. The number of aromatic nitrogens is 2. The minimum atomic E-state index is -0.487. The van der Waals surface area contributed by atoms with Crippen LogP contribution in [-0.2, 0) is 5.75 Å². The first-order chi connectivity index (χ1) is 15.0. The molecule has 11 heteroatoms. The fourth-order valence-corrected chi connectivity index (χ4v) is 4.27. The Bertz CT molecular complexity index is 1220. The maximum atomic E-state index is 13.0. The van der Waals surface area contributed by atoms with Gasteiger partial charge in [-0.2, -0.15) is 0 Å². The van der Waals surface area contributed by atoms with Crippen molar-refractivity contribution in [3.8, 4) is 11.3 Å². The van der Waals surface area contributed by atoms with E-state index < -0.39 is 10.8 Å². The van der Waals surface area contributed by atoms with Crippen LogP contribution >= 0.6 is 23.1 Å². The summed E-state index contributed by atoms with van der Waals surface area (Å²) in [6.07, 6.45) is 0. The predicted molar refractivity (Wildman–Crippen MR) is 115 cm³/mol. The van der Waals surface area contributed by atoms with Gasteiger partial charge in [-0.15, -0.1) is 10.2 Å². The number of nitrogens with one attached hydrogen (secondary N) is 1. The van der Waals surface area contributed by atoms with Gasteiger partial charge in [-0.25, -0.2) is 4.39 Å². The van der Waals surface area contributed by atoms with Gasteiger partial charge in [0.25, 0.3) is 11.6 Å². The summed E-state index contributed by atoms with van der Waals surface area (Å²) in [5.41, 5.74) is 1.53. The van der Waals surface area contributed by atoms with E-state index in [2.05, 4.69) is 15.5 Å². The summed E-state index contributed by atoms with van der Waals surface area (Å²) in [6, 6.07) is 15.1. The van der Waals surface area contributed by atoms with Crippen LogP contribution in [0.25, 0.3) is 11.3 Å². The first-order valence-corrected chi connectivity index (χ1v) is 10.6. The van der Waals surface area contributed by atoms with Crippen molar-refractivity contribution in [2.24, 2.45) is 0 Å². The minimum absolute atomic E-state index is 0.0300. The molecule has 31 heavy (non-hydrogen) atoms. The molecule has 4 aromatic rings. The third-order valence-corrected chi connectivity index (χ3v) is 6.14. The average Bonchev–Trinajstić information content (AvgIpc) is 3.43. The fraction of sp³-hybridized carbons (Fsp3) is 0.0500. The number of nitro benzene ring substituents is 1. The Hall–Kier alpha value is -3.57. The summed E-state index contributed by atoms with van der Waals surface area (Å²) >= 11 is 2.64. The van der Waals surface area contributed by atoms with Gasteiger partial charge in [0.2, 0.25) is 5.13 Å². The van der Waals surface area contributed by atoms with Crippen LogP contribution in [0.3, 0.4) is 0 Å². The number of carbonyl (C=O) groups excluding carboxylic acids is 1. The van der Waals surface area contributed by atoms with Gasteiger partial charge in [-0.3, -0.25) is 20.2 Å². The Balaban J connectivity index is 1.36. The highest BCUT2D eigenvalue weighted by Crippen LogP contribution is 2.29. The lowest BCUT2D eigenvalue weighted by molar-refractivity contribution is -0.384. The number of carbonyl (C=O) groups is 1. The molecule has 1 N–H and O–H groups in total. The number of hydrogen-bond acceptors (Lipinski definition) is 8. The van der Waals surface area contributed by atoms with Gasteiger partial charge < -0.3 is 4.42 Å². The van der Waals surface area contributed by atoms with Crippen molar-refractivity contribution < 1.29 is 18.5 Å². The van der Waals surface area contributed by atoms with E-state index in [1.165, 1.54) is 53.4 Å².